The molecule has 1 rings (SSSR count). The van der Waals surface area contributed by atoms with Gasteiger partial charge in [-0.15, -0.1) is 0 Å². The molecule has 0 aromatic heterocycles. The lowest BCUT2D eigenvalue weighted by molar-refractivity contribution is 0.0139. The predicted octanol–water partition coefficient (Wildman–Crippen LogP) is 2.76. The third kappa shape index (κ3) is 2.90. The first kappa shape index (κ1) is 10.9. The molecule has 0 radical (unpaired) electrons. The van der Waals surface area contributed by atoms with E-state index in [2.05, 4.69) is 13.8 Å². The number of alkyl halides is 2. The third-order valence-corrected chi connectivity index (χ3v) is 3.01. The summed E-state index contributed by atoms with van der Waals surface area (Å²) in [6.07, 6.45) is 2.03. The maximum Gasteiger partial charge on any atom is 0.262 e. The minimum absolute atomic E-state index is 0.0494. The number of hydrogen-bond acceptors (Lipinski definition) is 1. The molecule has 1 aliphatic heterocycles. The van der Waals surface area contributed by atoms with Crippen LogP contribution in [0.15, 0.2) is 0 Å². The molecule has 1 fully saturated rings. The van der Waals surface area contributed by atoms with Crippen molar-refractivity contribution in [1.29, 1.82) is 0 Å². The molecule has 0 bridgehead atoms. The zero-order valence-electron chi connectivity index (χ0n) is 8.69. The van der Waals surface area contributed by atoms with Crippen LogP contribution in [0.25, 0.3) is 0 Å². The molecule has 0 spiro atoms. The smallest absolute Gasteiger partial charge is 0.262 e. The molecule has 1 nitrogen and oxygen atoms in total. The highest BCUT2D eigenvalue weighted by atomic mass is 19.3. The van der Waals surface area contributed by atoms with Gasteiger partial charge in [0.1, 0.15) is 0 Å². The van der Waals surface area contributed by atoms with Crippen LogP contribution in [0.2, 0.25) is 0 Å². The number of nitrogens with zero attached hydrogens (tertiary/aromatic N) is 1. The Morgan fingerprint density at radius 1 is 1.54 bits per heavy atom. The van der Waals surface area contributed by atoms with E-state index in [-0.39, 0.29) is 19.0 Å². The maximum atomic E-state index is 13.0. The Morgan fingerprint density at radius 3 is 2.54 bits per heavy atom. The van der Waals surface area contributed by atoms with Crippen molar-refractivity contribution in [2.45, 2.75) is 45.1 Å². The molecule has 0 saturated carbocycles. The second-order valence-corrected chi connectivity index (χ2v) is 4.38. The van der Waals surface area contributed by atoms with Crippen molar-refractivity contribution in [3.63, 3.8) is 0 Å². The summed E-state index contributed by atoms with van der Waals surface area (Å²) in [5.41, 5.74) is 0. The summed E-state index contributed by atoms with van der Waals surface area (Å²) in [4.78, 5) is 1.80. The van der Waals surface area contributed by atoms with Gasteiger partial charge >= 0.3 is 0 Å². The Balaban J connectivity index is 2.44. The van der Waals surface area contributed by atoms with Crippen LogP contribution >= 0.6 is 0 Å². The molecule has 2 atom stereocenters. The Morgan fingerprint density at radius 2 is 2.15 bits per heavy atom. The van der Waals surface area contributed by atoms with Crippen molar-refractivity contribution >= 4 is 0 Å². The molecule has 1 unspecified atom stereocenters. The van der Waals surface area contributed by atoms with Gasteiger partial charge in [0.2, 0.25) is 0 Å². The van der Waals surface area contributed by atoms with Crippen molar-refractivity contribution in [2.24, 2.45) is 5.92 Å². The van der Waals surface area contributed by atoms with Gasteiger partial charge < -0.3 is 0 Å². The van der Waals surface area contributed by atoms with Crippen LogP contribution in [0.1, 0.15) is 33.1 Å². The molecule has 0 amide bonds. The molecule has 0 aliphatic carbocycles. The van der Waals surface area contributed by atoms with Gasteiger partial charge in [-0.05, 0) is 19.4 Å². The summed E-state index contributed by atoms with van der Waals surface area (Å²) in [5.74, 6) is -1.89. The molecule has 0 N–H and O–H groups in total. The van der Waals surface area contributed by atoms with E-state index >= 15 is 0 Å². The van der Waals surface area contributed by atoms with Crippen LogP contribution in [-0.2, 0) is 0 Å². The fourth-order valence-electron chi connectivity index (χ4n) is 1.95. The van der Waals surface area contributed by atoms with Gasteiger partial charge in [0.15, 0.2) is 0 Å². The maximum absolute atomic E-state index is 13.0. The third-order valence-electron chi connectivity index (χ3n) is 3.01. The molecule has 1 heterocycles. The van der Waals surface area contributed by atoms with E-state index in [9.17, 15) is 8.78 Å². The Bertz CT molecular complexity index is 170. The standard InChI is InChI=1S/C10H19F2N/c1-4-8(2)5-9-6-10(11,12)7-13(9)3/h8-9H,4-7H2,1-3H3/t8?,9-/m1/s1. The highest BCUT2D eigenvalue weighted by molar-refractivity contribution is 4.89. The fourth-order valence-corrected chi connectivity index (χ4v) is 1.95. The van der Waals surface area contributed by atoms with Crippen molar-refractivity contribution in [3.8, 4) is 0 Å². The van der Waals surface area contributed by atoms with E-state index in [1.165, 1.54) is 0 Å². The van der Waals surface area contributed by atoms with Crippen LogP contribution in [0, 0.1) is 5.92 Å². The van der Waals surface area contributed by atoms with E-state index < -0.39 is 5.92 Å². The van der Waals surface area contributed by atoms with Gasteiger partial charge in [0.25, 0.3) is 5.92 Å². The van der Waals surface area contributed by atoms with Crippen molar-refractivity contribution < 1.29 is 8.78 Å². The highest BCUT2D eigenvalue weighted by Gasteiger charge is 2.43. The summed E-state index contributed by atoms with van der Waals surface area (Å²) in [7, 11) is 1.80. The summed E-state index contributed by atoms with van der Waals surface area (Å²) in [6, 6.07) is 0.0879. The molecule has 78 valence electrons. The largest absolute Gasteiger partial charge is 0.297 e. The van der Waals surface area contributed by atoms with Crippen LogP contribution in [-0.4, -0.2) is 30.5 Å². The van der Waals surface area contributed by atoms with E-state index in [1.54, 1.807) is 11.9 Å². The SMILES string of the molecule is CCC(C)C[C@@H]1CC(F)(F)CN1C. The van der Waals surface area contributed by atoms with Crippen LogP contribution in [0.4, 0.5) is 8.78 Å². The first-order chi connectivity index (χ1) is 5.94. The normalized spacial score (nSPS) is 30.7. The zero-order valence-corrected chi connectivity index (χ0v) is 8.69. The first-order valence-electron chi connectivity index (χ1n) is 5.02. The molecule has 1 aliphatic rings. The van der Waals surface area contributed by atoms with Gasteiger partial charge in [-0.25, -0.2) is 8.78 Å². The lowest BCUT2D eigenvalue weighted by Crippen LogP contribution is -2.27. The number of hydrogen-bond donors (Lipinski definition) is 0. The number of rotatable bonds is 3. The average molecular weight is 191 g/mol. The molecule has 1 saturated heterocycles. The Hall–Kier alpha value is -0.180. The van der Waals surface area contributed by atoms with Crippen LogP contribution < -0.4 is 0 Å². The molecule has 0 aromatic rings. The van der Waals surface area contributed by atoms with Gasteiger partial charge in [-0.2, -0.15) is 0 Å². The van der Waals surface area contributed by atoms with E-state index in [4.69, 9.17) is 0 Å². The van der Waals surface area contributed by atoms with Crippen LogP contribution in [0.3, 0.4) is 0 Å². The first-order valence-corrected chi connectivity index (χ1v) is 5.02. The van der Waals surface area contributed by atoms with Gasteiger partial charge in [-0.3, -0.25) is 4.90 Å². The Kier molecular flexibility index (Phi) is 3.28. The molecular weight excluding hydrogens is 172 g/mol. The monoisotopic (exact) mass is 191 g/mol. The number of halogens is 2. The van der Waals surface area contributed by atoms with Crippen LogP contribution in [0.5, 0.6) is 0 Å². The topological polar surface area (TPSA) is 3.24 Å². The molecular formula is C10H19F2N. The minimum atomic E-state index is -2.45. The van der Waals surface area contributed by atoms with Crippen molar-refractivity contribution in [2.75, 3.05) is 13.6 Å². The van der Waals surface area contributed by atoms with Gasteiger partial charge in [0.05, 0.1) is 6.54 Å². The second-order valence-electron chi connectivity index (χ2n) is 4.38. The summed E-state index contributed by atoms with van der Waals surface area (Å²) >= 11 is 0. The zero-order chi connectivity index (χ0) is 10.1. The minimum Gasteiger partial charge on any atom is -0.297 e. The van der Waals surface area contributed by atoms with Crippen molar-refractivity contribution in [3.05, 3.63) is 0 Å². The van der Waals surface area contributed by atoms with E-state index in [0.717, 1.165) is 12.8 Å². The second kappa shape index (κ2) is 3.91. The molecule has 13 heavy (non-hydrogen) atoms. The predicted molar refractivity (Wildman–Crippen MR) is 50.1 cm³/mol. The summed E-state index contributed by atoms with van der Waals surface area (Å²) in [5, 5.41) is 0. The highest BCUT2D eigenvalue weighted by Crippen LogP contribution is 2.33. The average Bonchev–Trinajstić information content (AvgIpc) is 2.24. The Labute approximate surface area is 79.1 Å². The van der Waals surface area contributed by atoms with Crippen molar-refractivity contribution in [1.82, 2.24) is 4.90 Å². The lowest BCUT2D eigenvalue weighted by atomic mass is 9.97. The van der Waals surface area contributed by atoms with Gasteiger partial charge in [0, 0.05) is 12.5 Å². The number of likely N-dealkylation sites (tertiary alicyclic amines) is 1. The van der Waals surface area contributed by atoms with E-state index in [1.807, 2.05) is 0 Å². The molecule has 3 heteroatoms. The molecule has 0 aromatic carbocycles. The van der Waals surface area contributed by atoms with E-state index in [0.29, 0.717) is 5.92 Å². The summed E-state index contributed by atoms with van der Waals surface area (Å²) < 4.78 is 25.9. The summed E-state index contributed by atoms with van der Waals surface area (Å²) in [6.45, 7) is 4.18. The van der Waals surface area contributed by atoms with Gasteiger partial charge in [-0.1, -0.05) is 20.3 Å². The lowest BCUT2D eigenvalue weighted by Gasteiger charge is -2.21. The fraction of sp³-hybridized carbons (Fsp3) is 1.00. The quantitative estimate of drug-likeness (QED) is 0.663.